The molecule has 2 aliphatic rings. The Morgan fingerprint density at radius 3 is 2.63 bits per heavy atom. The average molecular weight is 388 g/mol. The first kappa shape index (κ1) is 18.3. The summed E-state index contributed by atoms with van der Waals surface area (Å²) in [6.45, 7) is 8.28. The fraction of sp³-hybridized carbons (Fsp3) is 0.579. The van der Waals surface area contributed by atoms with Crippen LogP contribution in [0.3, 0.4) is 0 Å². The van der Waals surface area contributed by atoms with Crippen molar-refractivity contribution in [2.24, 2.45) is 0 Å². The number of rotatable bonds is 4. The Balaban J connectivity index is 1.32. The fourth-order valence-electron chi connectivity index (χ4n) is 3.88. The normalized spacial score (nSPS) is 17.3. The van der Waals surface area contributed by atoms with Crippen LogP contribution in [-0.2, 0) is 19.4 Å². The van der Waals surface area contributed by atoms with Gasteiger partial charge in [-0.3, -0.25) is 14.5 Å². The van der Waals surface area contributed by atoms with Crippen molar-refractivity contribution >= 4 is 17.2 Å². The highest BCUT2D eigenvalue weighted by Gasteiger charge is 2.25. The predicted molar refractivity (Wildman–Crippen MR) is 104 cm³/mol. The maximum Gasteiger partial charge on any atom is 0.267 e. The Bertz CT molecular complexity index is 911. The van der Waals surface area contributed by atoms with Crippen molar-refractivity contribution in [3.05, 3.63) is 43.3 Å². The monoisotopic (exact) mass is 387 g/mol. The highest BCUT2D eigenvalue weighted by atomic mass is 32.1. The molecular weight excluding hydrogens is 362 g/mol. The number of carbonyl (C=O) groups is 1. The standard InChI is InChI=1S/C19H25N5O2S/c1-13-18(27-14(2)20-13)19(26)23-9-6-22(7-10-23)8-11-24-17(25)12-15-4-3-5-16(15)21-24/h12H,3-11H2,1-2H3. The third-order valence-corrected chi connectivity index (χ3v) is 6.47. The zero-order chi connectivity index (χ0) is 19.0. The SMILES string of the molecule is Cc1nc(C)c(C(=O)N2CCN(CCn3nc4c(cc3=O)CCC4)CC2)s1. The number of hydrogen-bond acceptors (Lipinski definition) is 6. The van der Waals surface area contributed by atoms with Crippen LogP contribution < -0.4 is 5.56 Å². The van der Waals surface area contributed by atoms with Crippen LogP contribution in [-0.4, -0.2) is 63.2 Å². The Labute approximate surface area is 162 Å². The van der Waals surface area contributed by atoms with E-state index in [9.17, 15) is 9.59 Å². The number of thiazole rings is 1. The first-order chi connectivity index (χ1) is 13.0. The summed E-state index contributed by atoms with van der Waals surface area (Å²) in [5.74, 6) is 0.0919. The van der Waals surface area contributed by atoms with E-state index in [1.165, 1.54) is 11.3 Å². The molecule has 3 heterocycles. The van der Waals surface area contributed by atoms with E-state index in [2.05, 4.69) is 15.0 Å². The number of aromatic nitrogens is 3. The minimum Gasteiger partial charge on any atom is -0.335 e. The van der Waals surface area contributed by atoms with Crippen LogP contribution in [0.15, 0.2) is 10.9 Å². The molecule has 7 nitrogen and oxygen atoms in total. The van der Waals surface area contributed by atoms with Crippen LogP contribution >= 0.6 is 11.3 Å². The van der Waals surface area contributed by atoms with Crippen LogP contribution in [0.2, 0.25) is 0 Å². The van der Waals surface area contributed by atoms with Crippen molar-refractivity contribution in [2.45, 2.75) is 39.7 Å². The van der Waals surface area contributed by atoms with E-state index in [1.807, 2.05) is 18.7 Å². The summed E-state index contributed by atoms with van der Waals surface area (Å²) in [6, 6.07) is 1.76. The van der Waals surface area contributed by atoms with E-state index in [1.54, 1.807) is 10.7 Å². The van der Waals surface area contributed by atoms with Gasteiger partial charge in [0.05, 0.1) is 22.9 Å². The minimum absolute atomic E-state index is 0.000467. The first-order valence-corrected chi connectivity index (χ1v) is 10.4. The zero-order valence-corrected chi connectivity index (χ0v) is 16.7. The minimum atomic E-state index is 0.000467. The van der Waals surface area contributed by atoms with Gasteiger partial charge >= 0.3 is 0 Å². The van der Waals surface area contributed by atoms with Crippen molar-refractivity contribution in [2.75, 3.05) is 32.7 Å². The number of amides is 1. The Kier molecular flexibility index (Phi) is 5.10. The summed E-state index contributed by atoms with van der Waals surface area (Å²) in [7, 11) is 0. The Morgan fingerprint density at radius 2 is 1.93 bits per heavy atom. The highest BCUT2D eigenvalue weighted by Crippen LogP contribution is 2.20. The molecule has 0 atom stereocenters. The van der Waals surface area contributed by atoms with Gasteiger partial charge in [-0.05, 0) is 38.7 Å². The van der Waals surface area contributed by atoms with Crippen LogP contribution in [0.25, 0.3) is 0 Å². The summed E-state index contributed by atoms with van der Waals surface area (Å²) < 4.78 is 1.60. The zero-order valence-electron chi connectivity index (χ0n) is 15.9. The highest BCUT2D eigenvalue weighted by molar-refractivity contribution is 7.13. The molecule has 1 fully saturated rings. The molecule has 2 aromatic rings. The summed E-state index contributed by atoms with van der Waals surface area (Å²) >= 11 is 1.47. The van der Waals surface area contributed by atoms with Crippen LogP contribution in [0.1, 0.15) is 38.1 Å². The number of hydrogen-bond donors (Lipinski definition) is 0. The summed E-state index contributed by atoms with van der Waals surface area (Å²) in [6.07, 6.45) is 3.06. The van der Waals surface area contributed by atoms with Gasteiger partial charge in [0.1, 0.15) is 4.88 Å². The van der Waals surface area contributed by atoms with E-state index in [0.29, 0.717) is 19.6 Å². The summed E-state index contributed by atoms with van der Waals surface area (Å²) in [5.41, 5.74) is 3.03. The second-order valence-electron chi connectivity index (χ2n) is 7.31. The van der Waals surface area contributed by atoms with Crippen molar-refractivity contribution in [1.29, 1.82) is 0 Å². The molecule has 1 aliphatic heterocycles. The molecule has 0 bridgehead atoms. The van der Waals surface area contributed by atoms with E-state index >= 15 is 0 Å². The number of aryl methyl sites for hydroxylation is 4. The topological polar surface area (TPSA) is 71.3 Å². The van der Waals surface area contributed by atoms with E-state index < -0.39 is 0 Å². The van der Waals surface area contributed by atoms with Crippen molar-refractivity contribution in [3.63, 3.8) is 0 Å². The van der Waals surface area contributed by atoms with Crippen LogP contribution in [0.5, 0.6) is 0 Å². The maximum absolute atomic E-state index is 12.7. The summed E-state index contributed by atoms with van der Waals surface area (Å²) in [5, 5.41) is 5.47. The van der Waals surface area contributed by atoms with Gasteiger partial charge in [-0.2, -0.15) is 5.10 Å². The molecular formula is C19H25N5O2S. The average Bonchev–Trinajstić information content (AvgIpc) is 3.24. The third-order valence-electron chi connectivity index (χ3n) is 5.41. The number of fused-ring (bicyclic) bond motifs is 1. The number of carbonyl (C=O) groups excluding carboxylic acids is 1. The lowest BCUT2D eigenvalue weighted by Crippen LogP contribution is -2.49. The Morgan fingerprint density at radius 1 is 1.15 bits per heavy atom. The molecule has 0 aromatic carbocycles. The molecule has 1 saturated heterocycles. The van der Waals surface area contributed by atoms with Crippen molar-refractivity contribution < 1.29 is 4.79 Å². The van der Waals surface area contributed by atoms with Gasteiger partial charge in [0, 0.05) is 38.8 Å². The maximum atomic E-state index is 12.7. The van der Waals surface area contributed by atoms with Crippen LogP contribution in [0.4, 0.5) is 0 Å². The lowest BCUT2D eigenvalue weighted by molar-refractivity contribution is 0.0635. The quantitative estimate of drug-likeness (QED) is 0.790. The van der Waals surface area contributed by atoms with Gasteiger partial charge in [0.25, 0.3) is 11.5 Å². The second kappa shape index (κ2) is 7.52. The lowest BCUT2D eigenvalue weighted by atomic mass is 10.2. The molecule has 0 radical (unpaired) electrons. The van der Waals surface area contributed by atoms with Gasteiger partial charge < -0.3 is 4.90 Å². The number of nitrogens with zero attached hydrogens (tertiary/aromatic N) is 5. The molecule has 1 aliphatic carbocycles. The molecule has 8 heteroatoms. The van der Waals surface area contributed by atoms with Gasteiger partial charge in [0.2, 0.25) is 0 Å². The molecule has 0 spiro atoms. The van der Waals surface area contributed by atoms with Gasteiger partial charge in [0.15, 0.2) is 0 Å². The van der Waals surface area contributed by atoms with Gasteiger partial charge in [-0.15, -0.1) is 11.3 Å². The predicted octanol–water partition coefficient (Wildman–Crippen LogP) is 1.26. The lowest BCUT2D eigenvalue weighted by Gasteiger charge is -2.34. The molecule has 0 N–H and O–H groups in total. The molecule has 27 heavy (non-hydrogen) atoms. The van der Waals surface area contributed by atoms with Crippen molar-refractivity contribution in [3.8, 4) is 0 Å². The molecule has 0 unspecified atom stereocenters. The molecule has 0 saturated carbocycles. The first-order valence-electron chi connectivity index (χ1n) is 9.57. The number of piperazine rings is 1. The van der Waals surface area contributed by atoms with Gasteiger partial charge in [-0.1, -0.05) is 0 Å². The van der Waals surface area contributed by atoms with Crippen molar-refractivity contribution in [1.82, 2.24) is 24.6 Å². The molecule has 4 rings (SSSR count). The molecule has 144 valence electrons. The molecule has 1 amide bonds. The van der Waals surface area contributed by atoms with E-state index in [0.717, 1.165) is 65.7 Å². The smallest absolute Gasteiger partial charge is 0.267 e. The van der Waals surface area contributed by atoms with E-state index in [-0.39, 0.29) is 11.5 Å². The van der Waals surface area contributed by atoms with Crippen LogP contribution in [0, 0.1) is 13.8 Å². The van der Waals surface area contributed by atoms with E-state index in [4.69, 9.17) is 0 Å². The second-order valence-corrected chi connectivity index (χ2v) is 8.52. The summed E-state index contributed by atoms with van der Waals surface area (Å²) in [4.78, 5) is 34.2. The fourth-order valence-corrected chi connectivity index (χ4v) is 4.77. The Hall–Kier alpha value is -2.06. The van der Waals surface area contributed by atoms with Gasteiger partial charge in [-0.25, -0.2) is 9.67 Å². The third kappa shape index (κ3) is 3.82. The molecule has 2 aromatic heterocycles. The largest absolute Gasteiger partial charge is 0.335 e.